The van der Waals surface area contributed by atoms with Crippen LogP contribution < -0.4 is 10.6 Å². The van der Waals surface area contributed by atoms with Gasteiger partial charge in [-0.2, -0.15) is 0 Å². The number of fused-ring (bicyclic) bond motifs is 1. The maximum Gasteiger partial charge on any atom is 0.173 e. The molecular weight excluding hydrogens is 268 g/mol. The fourth-order valence-electron chi connectivity index (χ4n) is 2.89. The van der Waals surface area contributed by atoms with Crippen molar-refractivity contribution in [2.45, 2.75) is 6.42 Å². The number of nitrogens with zero attached hydrogens (tertiary/aromatic N) is 3. The molecule has 1 unspecified atom stereocenters. The highest BCUT2D eigenvalue weighted by molar-refractivity contribution is 6.08. The Morgan fingerprint density at radius 2 is 2.24 bits per heavy atom. The van der Waals surface area contributed by atoms with Crippen LogP contribution in [0.25, 0.3) is 10.9 Å². The number of hydrogen-bond donors (Lipinski definition) is 3. The summed E-state index contributed by atoms with van der Waals surface area (Å²) in [6.07, 6.45) is 2.57. The minimum atomic E-state index is 0.0516. The first-order valence-corrected chi connectivity index (χ1v) is 6.96. The van der Waals surface area contributed by atoms with Gasteiger partial charge in [-0.15, -0.1) is 0 Å². The molecule has 2 aromatic rings. The van der Waals surface area contributed by atoms with Crippen molar-refractivity contribution in [3.8, 4) is 0 Å². The number of aromatic nitrogens is 1. The second-order valence-electron chi connectivity index (χ2n) is 5.31. The van der Waals surface area contributed by atoms with E-state index in [-0.39, 0.29) is 18.4 Å². The lowest BCUT2D eigenvalue weighted by Crippen LogP contribution is -2.25. The molecule has 4 N–H and O–H groups in total. The number of anilines is 1. The van der Waals surface area contributed by atoms with Gasteiger partial charge in [0.15, 0.2) is 5.84 Å². The summed E-state index contributed by atoms with van der Waals surface area (Å²) in [6.45, 7) is 1.78. The van der Waals surface area contributed by atoms with E-state index in [0.717, 1.165) is 36.1 Å². The Morgan fingerprint density at radius 3 is 2.95 bits per heavy atom. The molecule has 3 rings (SSSR count). The fourth-order valence-corrected chi connectivity index (χ4v) is 2.89. The van der Waals surface area contributed by atoms with Crippen LogP contribution in [0.3, 0.4) is 0 Å². The molecule has 0 bridgehead atoms. The Bertz CT molecular complexity index is 686. The average molecular weight is 286 g/mol. The maximum absolute atomic E-state index is 9.34. The topological polar surface area (TPSA) is 95.0 Å². The van der Waals surface area contributed by atoms with E-state index in [4.69, 9.17) is 10.9 Å². The first-order valence-electron chi connectivity index (χ1n) is 6.96. The first kappa shape index (κ1) is 13.6. The lowest BCUT2D eigenvalue weighted by Gasteiger charge is -2.23. The van der Waals surface area contributed by atoms with Crippen LogP contribution in [0, 0.1) is 5.92 Å². The van der Waals surface area contributed by atoms with Gasteiger partial charge in [-0.1, -0.05) is 23.4 Å². The molecule has 1 aromatic carbocycles. The lowest BCUT2D eigenvalue weighted by atomic mass is 10.1. The molecule has 0 radical (unpaired) electrons. The predicted octanol–water partition coefficient (Wildman–Crippen LogP) is 1.15. The van der Waals surface area contributed by atoms with E-state index in [1.165, 1.54) is 0 Å². The molecule has 0 spiro atoms. The molecule has 110 valence electrons. The third-order valence-electron chi connectivity index (χ3n) is 3.99. The van der Waals surface area contributed by atoms with Gasteiger partial charge in [0.1, 0.15) is 0 Å². The summed E-state index contributed by atoms with van der Waals surface area (Å²) in [5.74, 6) is 0.313. The molecule has 0 amide bonds. The van der Waals surface area contributed by atoms with Crippen molar-refractivity contribution in [2.75, 3.05) is 24.6 Å². The SMILES string of the molecule is N/C(=N/O)c1cnc2ccccc2c1N1CCC(CO)C1. The molecule has 1 fully saturated rings. The van der Waals surface area contributed by atoms with Crippen molar-refractivity contribution < 1.29 is 10.3 Å². The molecule has 1 atom stereocenters. The number of rotatable bonds is 3. The molecule has 0 saturated carbocycles. The number of aliphatic hydroxyl groups is 1. The van der Waals surface area contributed by atoms with Gasteiger partial charge in [-0.3, -0.25) is 4.98 Å². The Labute approximate surface area is 122 Å². The van der Waals surface area contributed by atoms with Crippen molar-refractivity contribution in [1.82, 2.24) is 4.98 Å². The molecule has 2 heterocycles. The van der Waals surface area contributed by atoms with Crippen LogP contribution in [0.15, 0.2) is 35.6 Å². The highest BCUT2D eigenvalue weighted by atomic mass is 16.4. The van der Waals surface area contributed by atoms with E-state index in [1.807, 2.05) is 24.3 Å². The van der Waals surface area contributed by atoms with E-state index in [1.54, 1.807) is 6.20 Å². The number of nitrogens with two attached hydrogens (primary N) is 1. The second-order valence-corrected chi connectivity index (χ2v) is 5.31. The Kier molecular flexibility index (Phi) is 3.62. The lowest BCUT2D eigenvalue weighted by molar-refractivity contribution is 0.238. The van der Waals surface area contributed by atoms with Crippen molar-refractivity contribution >= 4 is 22.4 Å². The van der Waals surface area contributed by atoms with Crippen LogP contribution in [-0.2, 0) is 0 Å². The molecule has 1 saturated heterocycles. The van der Waals surface area contributed by atoms with Crippen LogP contribution in [-0.4, -0.2) is 40.8 Å². The largest absolute Gasteiger partial charge is 0.409 e. The number of hydrogen-bond acceptors (Lipinski definition) is 5. The van der Waals surface area contributed by atoms with Crippen LogP contribution >= 0.6 is 0 Å². The monoisotopic (exact) mass is 286 g/mol. The maximum atomic E-state index is 9.34. The predicted molar refractivity (Wildman–Crippen MR) is 81.7 cm³/mol. The van der Waals surface area contributed by atoms with Gasteiger partial charge < -0.3 is 20.9 Å². The number of pyridine rings is 1. The summed E-state index contributed by atoms with van der Waals surface area (Å²) in [4.78, 5) is 6.55. The van der Waals surface area contributed by atoms with Crippen LogP contribution in [0.1, 0.15) is 12.0 Å². The number of para-hydroxylation sites is 1. The average Bonchev–Trinajstić information content (AvgIpc) is 3.01. The van der Waals surface area contributed by atoms with Crippen molar-refractivity contribution in [3.63, 3.8) is 0 Å². The summed E-state index contributed by atoms with van der Waals surface area (Å²) in [6, 6.07) is 7.80. The normalized spacial score (nSPS) is 19.4. The van der Waals surface area contributed by atoms with Gasteiger partial charge in [0.05, 0.1) is 16.8 Å². The quantitative estimate of drug-likeness (QED) is 0.340. The summed E-state index contributed by atoms with van der Waals surface area (Å²) >= 11 is 0. The first-order chi connectivity index (χ1) is 10.2. The van der Waals surface area contributed by atoms with Crippen molar-refractivity contribution in [2.24, 2.45) is 16.8 Å². The minimum absolute atomic E-state index is 0.0516. The number of benzene rings is 1. The Hall–Kier alpha value is -2.34. The van der Waals surface area contributed by atoms with E-state index in [0.29, 0.717) is 5.56 Å². The molecule has 0 aliphatic carbocycles. The number of amidine groups is 1. The highest BCUT2D eigenvalue weighted by Crippen LogP contribution is 2.33. The van der Waals surface area contributed by atoms with E-state index in [9.17, 15) is 5.11 Å². The van der Waals surface area contributed by atoms with Crippen LogP contribution in [0.5, 0.6) is 0 Å². The third-order valence-corrected chi connectivity index (χ3v) is 3.99. The van der Waals surface area contributed by atoms with Gasteiger partial charge in [0, 0.05) is 37.2 Å². The summed E-state index contributed by atoms with van der Waals surface area (Å²) in [5.41, 5.74) is 8.22. The highest BCUT2D eigenvalue weighted by Gasteiger charge is 2.26. The molecule has 6 heteroatoms. The minimum Gasteiger partial charge on any atom is -0.409 e. The van der Waals surface area contributed by atoms with Gasteiger partial charge in [-0.05, 0) is 12.5 Å². The van der Waals surface area contributed by atoms with Gasteiger partial charge in [0.25, 0.3) is 0 Å². The molecule has 21 heavy (non-hydrogen) atoms. The number of oxime groups is 1. The smallest absolute Gasteiger partial charge is 0.173 e. The fraction of sp³-hybridized carbons (Fsp3) is 0.333. The van der Waals surface area contributed by atoms with Crippen molar-refractivity contribution in [3.05, 3.63) is 36.0 Å². The van der Waals surface area contributed by atoms with Crippen molar-refractivity contribution in [1.29, 1.82) is 0 Å². The number of aliphatic hydroxyl groups excluding tert-OH is 1. The molecule has 1 aliphatic rings. The summed E-state index contributed by atoms with van der Waals surface area (Å²) < 4.78 is 0. The zero-order valence-corrected chi connectivity index (χ0v) is 11.6. The van der Waals surface area contributed by atoms with Gasteiger partial charge in [-0.25, -0.2) is 0 Å². The molecule has 1 aromatic heterocycles. The Balaban J connectivity index is 2.17. The van der Waals surface area contributed by atoms with E-state index in [2.05, 4.69) is 15.0 Å². The molecular formula is C15H18N4O2. The van der Waals surface area contributed by atoms with Gasteiger partial charge >= 0.3 is 0 Å². The summed E-state index contributed by atoms with van der Waals surface area (Å²) in [5, 5.41) is 22.4. The van der Waals surface area contributed by atoms with E-state index >= 15 is 0 Å². The third kappa shape index (κ3) is 2.38. The standard InChI is InChI=1S/C15H18N4O2/c16-15(18-21)12-7-17-13-4-2-1-3-11(13)14(12)19-6-5-10(8-19)9-20/h1-4,7,10,20-21H,5-6,8-9H2,(H2,16,18). The summed E-state index contributed by atoms with van der Waals surface area (Å²) in [7, 11) is 0. The molecule has 6 nitrogen and oxygen atoms in total. The second kappa shape index (κ2) is 5.57. The zero-order chi connectivity index (χ0) is 14.8. The van der Waals surface area contributed by atoms with Gasteiger partial charge in [0.2, 0.25) is 0 Å². The molecule has 1 aliphatic heterocycles. The Morgan fingerprint density at radius 1 is 1.43 bits per heavy atom. The zero-order valence-electron chi connectivity index (χ0n) is 11.6. The van der Waals surface area contributed by atoms with E-state index < -0.39 is 0 Å². The van der Waals surface area contributed by atoms with Crippen LogP contribution in [0.2, 0.25) is 0 Å². The van der Waals surface area contributed by atoms with Crippen LogP contribution in [0.4, 0.5) is 5.69 Å².